The Kier molecular flexibility index (Phi) is 3.49. The number of carbonyl (C=O) groups excluding carboxylic acids is 1. The van der Waals surface area contributed by atoms with Crippen LogP contribution in [0.1, 0.15) is 16.1 Å². The monoisotopic (exact) mass is 233 g/mol. The standard InChI is InChI=1S/C12H12FN3O/c13-10-3-1-9(2-4-10)12(17)14-7-5-11-6-8-15-16-11/h1-4,6,8H,5,7H2,(H,14,17)(H,15,16). The molecule has 1 heterocycles. The Morgan fingerprint density at radius 2 is 2.06 bits per heavy atom. The number of nitrogens with one attached hydrogen (secondary N) is 2. The molecule has 0 aliphatic heterocycles. The van der Waals surface area contributed by atoms with Gasteiger partial charge in [0.1, 0.15) is 5.82 Å². The van der Waals surface area contributed by atoms with Crippen molar-refractivity contribution in [2.24, 2.45) is 0 Å². The molecule has 17 heavy (non-hydrogen) atoms. The average molecular weight is 233 g/mol. The van der Waals surface area contributed by atoms with E-state index in [9.17, 15) is 9.18 Å². The van der Waals surface area contributed by atoms with Gasteiger partial charge in [0.2, 0.25) is 0 Å². The van der Waals surface area contributed by atoms with Crippen LogP contribution in [0.15, 0.2) is 36.5 Å². The first-order valence-electron chi connectivity index (χ1n) is 5.28. The highest BCUT2D eigenvalue weighted by Gasteiger charge is 2.04. The molecule has 0 bridgehead atoms. The average Bonchev–Trinajstić information content (AvgIpc) is 2.83. The number of halogens is 1. The number of hydrogen-bond donors (Lipinski definition) is 2. The van der Waals surface area contributed by atoms with Gasteiger partial charge in [-0.15, -0.1) is 0 Å². The lowest BCUT2D eigenvalue weighted by Gasteiger charge is -2.03. The summed E-state index contributed by atoms with van der Waals surface area (Å²) in [6, 6.07) is 7.30. The third-order valence-electron chi connectivity index (χ3n) is 2.34. The van der Waals surface area contributed by atoms with Crippen LogP contribution in [-0.2, 0) is 6.42 Å². The number of H-pyrrole nitrogens is 1. The van der Waals surface area contributed by atoms with E-state index in [-0.39, 0.29) is 11.7 Å². The van der Waals surface area contributed by atoms with E-state index in [0.29, 0.717) is 18.5 Å². The number of amides is 1. The topological polar surface area (TPSA) is 57.8 Å². The summed E-state index contributed by atoms with van der Waals surface area (Å²) in [5, 5.41) is 9.36. The molecule has 2 N–H and O–H groups in total. The first-order valence-corrected chi connectivity index (χ1v) is 5.28. The molecule has 0 aliphatic carbocycles. The quantitative estimate of drug-likeness (QED) is 0.841. The van der Waals surface area contributed by atoms with E-state index in [4.69, 9.17) is 0 Å². The Labute approximate surface area is 97.9 Å². The van der Waals surface area contributed by atoms with Gasteiger partial charge in [-0.2, -0.15) is 5.10 Å². The van der Waals surface area contributed by atoms with Gasteiger partial charge >= 0.3 is 0 Å². The van der Waals surface area contributed by atoms with Crippen LogP contribution in [0, 0.1) is 5.82 Å². The zero-order valence-electron chi connectivity index (χ0n) is 9.11. The van der Waals surface area contributed by atoms with Crippen molar-refractivity contribution in [1.82, 2.24) is 15.5 Å². The minimum absolute atomic E-state index is 0.204. The molecule has 88 valence electrons. The summed E-state index contributed by atoms with van der Waals surface area (Å²) in [6.45, 7) is 0.512. The van der Waals surface area contributed by atoms with Gasteiger partial charge in [0.15, 0.2) is 0 Å². The fourth-order valence-corrected chi connectivity index (χ4v) is 1.44. The number of carbonyl (C=O) groups is 1. The minimum Gasteiger partial charge on any atom is -0.352 e. The van der Waals surface area contributed by atoms with E-state index in [2.05, 4.69) is 15.5 Å². The summed E-state index contributed by atoms with van der Waals surface area (Å²) in [6.07, 6.45) is 2.35. The fraction of sp³-hybridized carbons (Fsp3) is 0.167. The lowest BCUT2D eigenvalue weighted by atomic mass is 10.2. The zero-order valence-corrected chi connectivity index (χ0v) is 9.11. The van der Waals surface area contributed by atoms with E-state index in [1.165, 1.54) is 24.3 Å². The van der Waals surface area contributed by atoms with Crippen LogP contribution in [0.25, 0.3) is 0 Å². The first kappa shape index (κ1) is 11.3. The molecule has 4 nitrogen and oxygen atoms in total. The van der Waals surface area contributed by atoms with Gasteiger partial charge in [-0.05, 0) is 30.3 Å². The highest BCUT2D eigenvalue weighted by atomic mass is 19.1. The second-order valence-electron chi connectivity index (χ2n) is 3.59. The fourth-order valence-electron chi connectivity index (χ4n) is 1.44. The second kappa shape index (κ2) is 5.25. The Balaban J connectivity index is 1.83. The van der Waals surface area contributed by atoms with Crippen molar-refractivity contribution in [1.29, 1.82) is 0 Å². The van der Waals surface area contributed by atoms with Gasteiger partial charge in [-0.1, -0.05) is 0 Å². The molecule has 0 fully saturated rings. The molecule has 0 atom stereocenters. The van der Waals surface area contributed by atoms with E-state index < -0.39 is 0 Å². The van der Waals surface area contributed by atoms with Crippen molar-refractivity contribution < 1.29 is 9.18 Å². The van der Waals surface area contributed by atoms with Gasteiger partial charge in [0.05, 0.1) is 0 Å². The van der Waals surface area contributed by atoms with Crippen LogP contribution >= 0.6 is 0 Å². The normalized spacial score (nSPS) is 10.2. The second-order valence-corrected chi connectivity index (χ2v) is 3.59. The summed E-state index contributed by atoms with van der Waals surface area (Å²) in [5.41, 5.74) is 1.42. The number of hydrogen-bond acceptors (Lipinski definition) is 2. The van der Waals surface area contributed by atoms with Crippen LogP contribution in [0.2, 0.25) is 0 Å². The number of aromatic amines is 1. The molecule has 2 rings (SSSR count). The first-order chi connectivity index (χ1) is 8.25. The molecular weight excluding hydrogens is 221 g/mol. The lowest BCUT2D eigenvalue weighted by molar-refractivity contribution is 0.0954. The third-order valence-corrected chi connectivity index (χ3v) is 2.34. The molecular formula is C12H12FN3O. The van der Waals surface area contributed by atoms with E-state index in [1.807, 2.05) is 6.07 Å². The predicted molar refractivity (Wildman–Crippen MR) is 61.0 cm³/mol. The number of rotatable bonds is 4. The summed E-state index contributed by atoms with van der Waals surface area (Å²) in [7, 11) is 0. The predicted octanol–water partition coefficient (Wildman–Crippen LogP) is 1.52. The molecule has 1 aromatic heterocycles. The van der Waals surface area contributed by atoms with Gasteiger partial charge in [-0.3, -0.25) is 9.89 Å². The molecule has 1 aromatic carbocycles. The van der Waals surface area contributed by atoms with Crippen LogP contribution in [0.4, 0.5) is 4.39 Å². The number of nitrogens with zero attached hydrogens (tertiary/aromatic N) is 1. The van der Waals surface area contributed by atoms with Crippen molar-refractivity contribution in [3.05, 3.63) is 53.6 Å². The van der Waals surface area contributed by atoms with E-state index in [1.54, 1.807) is 6.20 Å². The number of benzene rings is 1. The summed E-state index contributed by atoms with van der Waals surface area (Å²) < 4.78 is 12.6. The van der Waals surface area contributed by atoms with E-state index >= 15 is 0 Å². The maximum Gasteiger partial charge on any atom is 0.251 e. The Morgan fingerprint density at radius 3 is 2.71 bits per heavy atom. The summed E-state index contributed by atoms with van der Waals surface area (Å²) in [4.78, 5) is 11.6. The molecule has 0 saturated heterocycles. The van der Waals surface area contributed by atoms with Crippen LogP contribution in [0.3, 0.4) is 0 Å². The Bertz CT molecular complexity index is 479. The van der Waals surface area contributed by atoms with Gasteiger partial charge < -0.3 is 5.32 Å². The lowest BCUT2D eigenvalue weighted by Crippen LogP contribution is -2.25. The molecule has 0 spiro atoms. The molecule has 0 unspecified atom stereocenters. The number of aromatic nitrogens is 2. The van der Waals surface area contributed by atoms with Gasteiger partial charge in [-0.25, -0.2) is 4.39 Å². The summed E-state index contributed by atoms with van der Waals surface area (Å²) >= 11 is 0. The third kappa shape index (κ3) is 3.14. The van der Waals surface area contributed by atoms with Gasteiger partial charge in [0.25, 0.3) is 5.91 Å². The smallest absolute Gasteiger partial charge is 0.251 e. The van der Waals surface area contributed by atoms with Crippen molar-refractivity contribution in [3.63, 3.8) is 0 Å². The Hall–Kier alpha value is -2.17. The molecule has 0 saturated carbocycles. The molecule has 0 radical (unpaired) electrons. The Morgan fingerprint density at radius 1 is 1.29 bits per heavy atom. The van der Waals surface area contributed by atoms with Crippen LogP contribution in [-0.4, -0.2) is 22.6 Å². The van der Waals surface area contributed by atoms with Crippen molar-refractivity contribution in [2.45, 2.75) is 6.42 Å². The van der Waals surface area contributed by atoms with Crippen LogP contribution in [0.5, 0.6) is 0 Å². The van der Waals surface area contributed by atoms with Gasteiger partial charge in [0, 0.05) is 30.4 Å². The van der Waals surface area contributed by atoms with E-state index in [0.717, 1.165) is 5.69 Å². The SMILES string of the molecule is O=C(NCCc1ccn[nH]1)c1ccc(F)cc1. The van der Waals surface area contributed by atoms with Crippen molar-refractivity contribution >= 4 is 5.91 Å². The zero-order chi connectivity index (χ0) is 12.1. The summed E-state index contributed by atoms with van der Waals surface area (Å²) in [5.74, 6) is -0.552. The molecule has 0 aliphatic rings. The maximum atomic E-state index is 12.6. The van der Waals surface area contributed by atoms with Crippen molar-refractivity contribution in [2.75, 3.05) is 6.54 Å². The largest absolute Gasteiger partial charge is 0.352 e. The highest BCUT2D eigenvalue weighted by molar-refractivity contribution is 5.94. The molecule has 1 amide bonds. The maximum absolute atomic E-state index is 12.6. The molecule has 5 heteroatoms. The highest BCUT2D eigenvalue weighted by Crippen LogP contribution is 2.02. The minimum atomic E-state index is -0.348. The van der Waals surface area contributed by atoms with Crippen LogP contribution < -0.4 is 5.32 Å². The molecule has 2 aromatic rings. The van der Waals surface area contributed by atoms with Crippen molar-refractivity contribution in [3.8, 4) is 0 Å².